The van der Waals surface area contributed by atoms with E-state index in [0.717, 1.165) is 0 Å². The van der Waals surface area contributed by atoms with Gasteiger partial charge in [-0.25, -0.2) is 0 Å². The predicted octanol–water partition coefficient (Wildman–Crippen LogP) is 2.38. The molecule has 0 bridgehead atoms. The molecular formula is C5H12BF. The molecule has 0 spiro atoms. The van der Waals surface area contributed by atoms with E-state index in [1.807, 2.05) is 20.8 Å². The maximum absolute atomic E-state index is 12.3. The van der Waals surface area contributed by atoms with Crippen LogP contribution in [0, 0.1) is 0 Å². The zero-order valence-electron chi connectivity index (χ0n) is 5.24. The van der Waals surface area contributed by atoms with E-state index in [1.165, 1.54) is 0 Å². The summed E-state index contributed by atoms with van der Waals surface area (Å²) in [6.07, 6.45) is 0.650. The average Bonchev–Trinajstić information content (AvgIpc) is 1.65. The molecule has 0 saturated heterocycles. The van der Waals surface area contributed by atoms with Gasteiger partial charge in [-0.15, -0.1) is 0 Å². The fourth-order valence-electron chi connectivity index (χ4n) is 0.471. The van der Waals surface area contributed by atoms with Crippen molar-refractivity contribution in [1.82, 2.24) is 0 Å². The second kappa shape index (κ2) is 3.06. The third kappa shape index (κ3) is 2.66. The minimum Gasteiger partial charge on any atom is -0.336 e. The van der Waals surface area contributed by atoms with Gasteiger partial charge >= 0.3 is 6.99 Å². The highest BCUT2D eigenvalue weighted by atomic mass is 19.1. The van der Waals surface area contributed by atoms with Crippen molar-refractivity contribution in [2.45, 2.75) is 32.9 Å². The largest absolute Gasteiger partial charge is 0.350 e. The molecule has 7 heavy (non-hydrogen) atoms. The van der Waals surface area contributed by atoms with E-state index in [1.54, 1.807) is 0 Å². The molecule has 0 fully saturated rings. The first-order valence-corrected chi connectivity index (χ1v) is 2.82. The maximum atomic E-state index is 12.3. The van der Waals surface area contributed by atoms with Crippen LogP contribution in [0.4, 0.5) is 4.32 Å². The molecule has 0 heterocycles. The molecule has 0 aromatic rings. The summed E-state index contributed by atoms with van der Waals surface area (Å²) in [6, 6.07) is 0. The van der Waals surface area contributed by atoms with Crippen molar-refractivity contribution in [3.63, 3.8) is 0 Å². The Kier molecular flexibility index (Phi) is 3.05. The predicted molar refractivity (Wildman–Crippen MR) is 32.4 cm³/mol. The minimum atomic E-state index is -0.597. The fraction of sp³-hybridized carbons (Fsp3) is 1.00. The van der Waals surface area contributed by atoms with Gasteiger partial charge in [0.05, 0.1) is 0 Å². The number of halogens is 1. The van der Waals surface area contributed by atoms with E-state index >= 15 is 0 Å². The zero-order chi connectivity index (χ0) is 5.86. The van der Waals surface area contributed by atoms with Gasteiger partial charge in [-0.1, -0.05) is 20.8 Å². The summed E-state index contributed by atoms with van der Waals surface area (Å²) < 4.78 is 12.3. The van der Waals surface area contributed by atoms with Gasteiger partial charge in [0.1, 0.15) is 0 Å². The van der Waals surface area contributed by atoms with Crippen LogP contribution in [0.3, 0.4) is 0 Å². The Hall–Kier alpha value is -0.00506. The van der Waals surface area contributed by atoms with Crippen molar-refractivity contribution in [3.8, 4) is 0 Å². The third-order valence-corrected chi connectivity index (χ3v) is 1.11. The molecule has 0 nitrogen and oxygen atoms in total. The van der Waals surface area contributed by atoms with Gasteiger partial charge in [-0.05, 0) is 12.1 Å². The van der Waals surface area contributed by atoms with Gasteiger partial charge in [-0.2, -0.15) is 0 Å². The van der Waals surface area contributed by atoms with Crippen LogP contribution in [0.1, 0.15) is 20.8 Å². The molecule has 0 aliphatic heterocycles. The standard InChI is InChI=1S/C5H12BF/c1-4-6(7)5(2)3/h5H,4H2,1-3H3. The van der Waals surface area contributed by atoms with Crippen LogP contribution in [0.25, 0.3) is 0 Å². The van der Waals surface area contributed by atoms with Gasteiger partial charge in [0.15, 0.2) is 0 Å². The highest BCUT2D eigenvalue weighted by Gasteiger charge is 2.13. The molecule has 0 amide bonds. The van der Waals surface area contributed by atoms with Crippen molar-refractivity contribution in [2.75, 3.05) is 0 Å². The Morgan fingerprint density at radius 2 is 2.00 bits per heavy atom. The van der Waals surface area contributed by atoms with Crippen LogP contribution >= 0.6 is 0 Å². The summed E-state index contributed by atoms with van der Waals surface area (Å²) in [5.74, 6) is 0.199. The Balaban J connectivity index is 3.14. The molecule has 0 N–H and O–H groups in total. The SMILES string of the molecule is CCB(F)C(C)C. The lowest BCUT2D eigenvalue weighted by atomic mass is 9.59. The second-order valence-electron chi connectivity index (χ2n) is 2.17. The topological polar surface area (TPSA) is 0 Å². The van der Waals surface area contributed by atoms with Crippen molar-refractivity contribution in [2.24, 2.45) is 0 Å². The third-order valence-electron chi connectivity index (χ3n) is 1.11. The smallest absolute Gasteiger partial charge is 0.336 e. The molecule has 0 aliphatic rings. The van der Waals surface area contributed by atoms with Gasteiger partial charge < -0.3 is 4.32 Å². The van der Waals surface area contributed by atoms with Crippen molar-refractivity contribution in [1.29, 1.82) is 0 Å². The van der Waals surface area contributed by atoms with Gasteiger partial charge in [0, 0.05) is 0 Å². The minimum absolute atomic E-state index is 0.199. The van der Waals surface area contributed by atoms with E-state index in [4.69, 9.17) is 0 Å². The van der Waals surface area contributed by atoms with Crippen LogP contribution < -0.4 is 0 Å². The first-order chi connectivity index (χ1) is 3.18. The molecule has 42 valence electrons. The lowest BCUT2D eigenvalue weighted by Crippen LogP contribution is -2.06. The summed E-state index contributed by atoms with van der Waals surface area (Å²) in [4.78, 5) is 0. The molecule has 2 heteroatoms. The summed E-state index contributed by atoms with van der Waals surface area (Å²) in [6.45, 7) is 5.06. The summed E-state index contributed by atoms with van der Waals surface area (Å²) in [5.41, 5.74) is 0. The van der Waals surface area contributed by atoms with Crippen molar-refractivity contribution < 1.29 is 4.32 Å². The van der Waals surface area contributed by atoms with Crippen LogP contribution in [0.5, 0.6) is 0 Å². The summed E-state index contributed by atoms with van der Waals surface area (Å²) in [5, 5.41) is 0. The molecule has 0 aromatic heterocycles. The summed E-state index contributed by atoms with van der Waals surface area (Å²) in [7, 11) is 0. The van der Waals surface area contributed by atoms with Gasteiger partial charge in [-0.3, -0.25) is 0 Å². The van der Waals surface area contributed by atoms with Gasteiger partial charge in [0.25, 0.3) is 0 Å². The molecular weight excluding hydrogens is 89.9 g/mol. The monoisotopic (exact) mass is 102 g/mol. The van der Waals surface area contributed by atoms with Crippen molar-refractivity contribution >= 4 is 6.99 Å². The molecule has 0 aliphatic carbocycles. The molecule has 0 saturated carbocycles. The highest BCUT2D eigenvalue weighted by molar-refractivity contribution is 6.52. The lowest BCUT2D eigenvalue weighted by Gasteiger charge is -2.00. The highest BCUT2D eigenvalue weighted by Crippen LogP contribution is 2.10. The van der Waals surface area contributed by atoms with Crippen LogP contribution in [-0.4, -0.2) is 6.99 Å². The quantitative estimate of drug-likeness (QED) is 0.469. The second-order valence-corrected chi connectivity index (χ2v) is 2.17. The van der Waals surface area contributed by atoms with Gasteiger partial charge in [0.2, 0.25) is 0 Å². The van der Waals surface area contributed by atoms with E-state index in [0.29, 0.717) is 6.32 Å². The van der Waals surface area contributed by atoms with E-state index < -0.39 is 6.99 Å². The first-order valence-electron chi connectivity index (χ1n) is 2.82. The number of rotatable bonds is 2. The Bertz CT molecular complexity index is 45.3. The Labute approximate surface area is 45.2 Å². The number of hydrogen-bond donors (Lipinski definition) is 0. The molecule has 0 aromatic carbocycles. The Morgan fingerprint density at radius 1 is 1.57 bits per heavy atom. The van der Waals surface area contributed by atoms with Crippen molar-refractivity contribution in [3.05, 3.63) is 0 Å². The number of hydrogen-bond acceptors (Lipinski definition) is 0. The molecule has 0 radical (unpaired) electrons. The van der Waals surface area contributed by atoms with Crippen LogP contribution in [-0.2, 0) is 0 Å². The molecule has 0 rings (SSSR count). The van der Waals surface area contributed by atoms with Crippen LogP contribution in [0.15, 0.2) is 0 Å². The van der Waals surface area contributed by atoms with E-state index in [2.05, 4.69) is 0 Å². The fourth-order valence-corrected chi connectivity index (χ4v) is 0.471. The first kappa shape index (κ1) is 6.99. The molecule has 0 unspecified atom stereocenters. The average molecular weight is 102 g/mol. The molecule has 0 atom stereocenters. The zero-order valence-corrected chi connectivity index (χ0v) is 5.24. The van der Waals surface area contributed by atoms with Crippen LogP contribution in [0.2, 0.25) is 12.1 Å². The lowest BCUT2D eigenvalue weighted by molar-refractivity contribution is 0.769. The van der Waals surface area contributed by atoms with E-state index in [9.17, 15) is 4.32 Å². The Morgan fingerprint density at radius 3 is 2.00 bits per heavy atom. The van der Waals surface area contributed by atoms with E-state index in [-0.39, 0.29) is 5.82 Å². The maximum Gasteiger partial charge on any atom is 0.350 e. The summed E-state index contributed by atoms with van der Waals surface area (Å²) >= 11 is 0. The normalized spacial score (nSPS) is 9.86.